The van der Waals surface area contributed by atoms with Crippen LogP contribution in [0, 0.1) is 6.92 Å². The van der Waals surface area contributed by atoms with Crippen molar-refractivity contribution in [3.63, 3.8) is 0 Å². The van der Waals surface area contributed by atoms with E-state index in [1.54, 1.807) is 0 Å². The van der Waals surface area contributed by atoms with Gasteiger partial charge in [0.15, 0.2) is 5.96 Å². The van der Waals surface area contributed by atoms with Crippen LogP contribution in [0.2, 0.25) is 0 Å². The van der Waals surface area contributed by atoms with Crippen molar-refractivity contribution < 1.29 is 0 Å². The molecule has 0 aliphatic rings. The highest BCUT2D eigenvalue weighted by Crippen LogP contribution is 2.21. The summed E-state index contributed by atoms with van der Waals surface area (Å²) in [5, 5.41) is 12.8. The number of H-pyrrole nitrogens is 1. The fraction of sp³-hybridized carbons (Fsp3) is 0.455. The van der Waals surface area contributed by atoms with Crippen molar-refractivity contribution >= 4 is 16.9 Å². The van der Waals surface area contributed by atoms with Gasteiger partial charge in [-0.3, -0.25) is 9.67 Å². The lowest BCUT2D eigenvalue weighted by atomic mass is 10.1. The number of nitrogens with zero attached hydrogens (tertiary/aromatic N) is 3. The Morgan fingerprint density at radius 1 is 1.21 bits per heavy atom. The normalized spacial score (nSPS) is 12.0. The first-order valence-corrected chi connectivity index (χ1v) is 10.1. The van der Waals surface area contributed by atoms with E-state index in [-0.39, 0.29) is 0 Å². The largest absolute Gasteiger partial charge is 0.361 e. The summed E-state index contributed by atoms with van der Waals surface area (Å²) in [6.07, 6.45) is 4.98. The number of benzene rings is 1. The minimum atomic E-state index is 0.742. The second kappa shape index (κ2) is 8.95. The topological polar surface area (TPSA) is 70.0 Å². The highest BCUT2D eigenvalue weighted by atomic mass is 15.3. The van der Waals surface area contributed by atoms with Gasteiger partial charge in [-0.15, -0.1) is 0 Å². The lowest BCUT2D eigenvalue weighted by molar-refractivity contribution is 0.702. The molecular formula is C22H32N6. The van der Waals surface area contributed by atoms with Gasteiger partial charge in [-0.25, -0.2) is 0 Å². The third-order valence-corrected chi connectivity index (χ3v) is 5.38. The number of aromatic nitrogens is 3. The first-order chi connectivity index (χ1) is 13.6. The minimum Gasteiger partial charge on any atom is -0.361 e. The molecule has 28 heavy (non-hydrogen) atoms. The van der Waals surface area contributed by atoms with Crippen LogP contribution in [0.3, 0.4) is 0 Å². The van der Waals surface area contributed by atoms with Gasteiger partial charge >= 0.3 is 0 Å². The molecule has 2 aromatic heterocycles. The fourth-order valence-corrected chi connectivity index (χ4v) is 3.87. The summed E-state index contributed by atoms with van der Waals surface area (Å²) in [7, 11) is 3.84. The third-order valence-electron chi connectivity index (χ3n) is 5.38. The average Bonchev–Trinajstić information content (AvgIpc) is 3.25. The Labute approximate surface area is 167 Å². The SMILES string of the molecule is CCc1nn(C)c(CC)c1CNC(=NC)NCCc1c[nH]c2c(C)cccc12. The Hall–Kier alpha value is -2.76. The Morgan fingerprint density at radius 2 is 2.04 bits per heavy atom. The molecule has 3 aromatic rings. The summed E-state index contributed by atoms with van der Waals surface area (Å²) >= 11 is 0. The van der Waals surface area contributed by atoms with Gasteiger partial charge in [0.2, 0.25) is 0 Å². The number of guanidine groups is 1. The summed E-state index contributed by atoms with van der Waals surface area (Å²) < 4.78 is 2.00. The number of hydrogen-bond acceptors (Lipinski definition) is 2. The van der Waals surface area contributed by atoms with Gasteiger partial charge in [0, 0.05) is 55.5 Å². The van der Waals surface area contributed by atoms with E-state index >= 15 is 0 Å². The number of nitrogens with one attached hydrogen (secondary N) is 3. The van der Waals surface area contributed by atoms with E-state index in [1.807, 2.05) is 18.8 Å². The van der Waals surface area contributed by atoms with E-state index in [4.69, 9.17) is 0 Å². The smallest absolute Gasteiger partial charge is 0.191 e. The van der Waals surface area contributed by atoms with E-state index in [9.17, 15) is 0 Å². The van der Waals surface area contributed by atoms with Gasteiger partial charge in [0.1, 0.15) is 0 Å². The molecule has 0 aliphatic heterocycles. The van der Waals surface area contributed by atoms with E-state index in [0.29, 0.717) is 0 Å². The Kier molecular flexibility index (Phi) is 6.39. The molecule has 0 aliphatic carbocycles. The summed E-state index contributed by atoms with van der Waals surface area (Å²) in [6.45, 7) is 8.04. The summed E-state index contributed by atoms with van der Waals surface area (Å²) in [5.41, 5.74) is 7.59. The second-order valence-electron chi connectivity index (χ2n) is 7.12. The molecule has 0 atom stereocenters. The zero-order valence-corrected chi connectivity index (χ0v) is 17.7. The van der Waals surface area contributed by atoms with Gasteiger partial charge in [-0.2, -0.15) is 5.10 Å². The molecule has 3 N–H and O–H groups in total. The molecule has 0 amide bonds. The van der Waals surface area contributed by atoms with Crippen LogP contribution < -0.4 is 10.6 Å². The number of hydrogen-bond donors (Lipinski definition) is 3. The average molecular weight is 381 g/mol. The molecular weight excluding hydrogens is 348 g/mol. The number of aliphatic imine (C=N–C) groups is 1. The van der Waals surface area contributed by atoms with Gasteiger partial charge in [-0.1, -0.05) is 32.0 Å². The van der Waals surface area contributed by atoms with Gasteiger partial charge < -0.3 is 15.6 Å². The lowest BCUT2D eigenvalue weighted by Gasteiger charge is -2.13. The zero-order chi connectivity index (χ0) is 20.1. The number of aryl methyl sites for hydroxylation is 3. The van der Waals surface area contributed by atoms with Crippen LogP contribution in [0.1, 0.15) is 41.9 Å². The van der Waals surface area contributed by atoms with E-state index in [1.165, 1.54) is 33.3 Å². The Balaban J connectivity index is 1.59. The molecule has 0 saturated heterocycles. The van der Waals surface area contributed by atoms with E-state index < -0.39 is 0 Å². The van der Waals surface area contributed by atoms with Crippen molar-refractivity contribution in [2.45, 2.75) is 46.6 Å². The molecule has 0 radical (unpaired) electrons. The number of aromatic amines is 1. The van der Waals surface area contributed by atoms with Gasteiger partial charge in [0.05, 0.1) is 5.69 Å². The van der Waals surface area contributed by atoms with E-state index in [2.05, 4.69) is 70.9 Å². The maximum absolute atomic E-state index is 4.65. The Bertz CT molecular complexity index is 963. The predicted molar refractivity (Wildman–Crippen MR) is 117 cm³/mol. The standard InChI is InChI=1S/C22H32N6/c1-6-19-18(20(7-2)28(5)27-19)14-26-22(23-4)24-12-11-16-13-25-21-15(3)9-8-10-17(16)21/h8-10,13,25H,6-7,11-12,14H2,1-5H3,(H2,23,24,26). The van der Waals surface area contributed by atoms with Crippen molar-refractivity contribution in [2.75, 3.05) is 13.6 Å². The second-order valence-corrected chi connectivity index (χ2v) is 7.12. The molecule has 0 fully saturated rings. The van der Waals surface area contributed by atoms with Crippen molar-refractivity contribution in [1.82, 2.24) is 25.4 Å². The molecule has 0 unspecified atom stereocenters. The van der Waals surface area contributed by atoms with Gasteiger partial charge in [-0.05, 0) is 37.3 Å². The molecule has 0 bridgehead atoms. The van der Waals surface area contributed by atoms with Crippen molar-refractivity contribution in [3.8, 4) is 0 Å². The van der Waals surface area contributed by atoms with E-state index in [0.717, 1.165) is 44.0 Å². The molecule has 150 valence electrons. The quantitative estimate of drug-likeness (QED) is 0.435. The summed E-state index contributed by atoms with van der Waals surface area (Å²) in [5.74, 6) is 0.823. The van der Waals surface area contributed by atoms with Crippen LogP contribution in [0.15, 0.2) is 29.4 Å². The summed E-state index contributed by atoms with van der Waals surface area (Å²) in [6, 6.07) is 6.44. The van der Waals surface area contributed by atoms with Crippen LogP contribution in [0.4, 0.5) is 0 Å². The molecule has 1 aromatic carbocycles. The molecule has 6 nitrogen and oxygen atoms in total. The minimum absolute atomic E-state index is 0.742. The van der Waals surface area contributed by atoms with Crippen LogP contribution in [-0.2, 0) is 32.9 Å². The monoisotopic (exact) mass is 380 g/mol. The number of fused-ring (bicyclic) bond motifs is 1. The molecule has 0 saturated carbocycles. The third kappa shape index (κ3) is 4.06. The first kappa shape index (κ1) is 20.0. The molecule has 2 heterocycles. The summed E-state index contributed by atoms with van der Waals surface area (Å²) in [4.78, 5) is 7.78. The highest BCUT2D eigenvalue weighted by molar-refractivity contribution is 5.86. The predicted octanol–water partition coefficient (Wildman–Crippen LogP) is 3.24. The van der Waals surface area contributed by atoms with Crippen molar-refractivity contribution in [1.29, 1.82) is 0 Å². The van der Waals surface area contributed by atoms with Crippen molar-refractivity contribution in [2.24, 2.45) is 12.0 Å². The molecule has 3 rings (SSSR count). The molecule has 6 heteroatoms. The fourth-order valence-electron chi connectivity index (χ4n) is 3.87. The maximum atomic E-state index is 4.65. The van der Waals surface area contributed by atoms with Crippen LogP contribution in [-0.4, -0.2) is 34.3 Å². The number of para-hydroxylation sites is 1. The van der Waals surface area contributed by atoms with Crippen LogP contribution in [0.5, 0.6) is 0 Å². The molecule has 0 spiro atoms. The van der Waals surface area contributed by atoms with Gasteiger partial charge in [0.25, 0.3) is 0 Å². The van der Waals surface area contributed by atoms with Crippen molar-refractivity contribution in [3.05, 3.63) is 52.5 Å². The lowest BCUT2D eigenvalue weighted by Crippen LogP contribution is -2.38. The first-order valence-electron chi connectivity index (χ1n) is 10.1. The maximum Gasteiger partial charge on any atom is 0.191 e. The van der Waals surface area contributed by atoms with Crippen LogP contribution >= 0.6 is 0 Å². The van der Waals surface area contributed by atoms with Crippen LogP contribution in [0.25, 0.3) is 10.9 Å². The zero-order valence-electron chi connectivity index (χ0n) is 17.7. The Morgan fingerprint density at radius 3 is 2.75 bits per heavy atom. The number of rotatable bonds is 7. The highest BCUT2D eigenvalue weighted by Gasteiger charge is 2.14.